The topological polar surface area (TPSA) is 70.1 Å². The molecule has 0 radical (unpaired) electrons. The van der Waals surface area contributed by atoms with E-state index in [2.05, 4.69) is 11.2 Å². The zero-order valence-electron chi connectivity index (χ0n) is 12.7. The van der Waals surface area contributed by atoms with Gasteiger partial charge in [-0.05, 0) is 29.8 Å². The molecule has 0 N–H and O–H groups in total. The highest BCUT2D eigenvalue weighted by Gasteiger charge is 2.15. The fraction of sp³-hybridized carbons (Fsp3) is 0.167. The number of benzene rings is 2. The predicted molar refractivity (Wildman–Crippen MR) is 85.3 cm³/mol. The van der Waals surface area contributed by atoms with E-state index in [0.717, 1.165) is 10.9 Å². The van der Waals surface area contributed by atoms with Gasteiger partial charge in [-0.2, -0.15) is 5.26 Å². The Morgan fingerprint density at radius 1 is 1.26 bits per heavy atom. The molecule has 3 aromatic rings. The first-order valence-corrected chi connectivity index (χ1v) is 7.23. The Hall–Kier alpha value is -3.13. The Bertz CT molecular complexity index is 892. The number of hydrogen-bond acceptors (Lipinski definition) is 4. The molecule has 0 aliphatic heterocycles. The third-order valence-electron chi connectivity index (χ3n) is 3.67. The highest BCUT2D eigenvalue weighted by atomic mass is 16.5. The van der Waals surface area contributed by atoms with Crippen molar-refractivity contribution in [1.29, 1.82) is 5.26 Å². The van der Waals surface area contributed by atoms with E-state index in [0.29, 0.717) is 23.4 Å². The van der Waals surface area contributed by atoms with E-state index < -0.39 is 0 Å². The van der Waals surface area contributed by atoms with Crippen LogP contribution in [0.5, 0.6) is 0 Å². The maximum absolute atomic E-state index is 12.4. The smallest absolute Gasteiger partial charge is 0.228 e. The van der Waals surface area contributed by atoms with E-state index >= 15 is 0 Å². The van der Waals surface area contributed by atoms with Gasteiger partial charge in [-0.25, -0.2) is 0 Å². The molecule has 0 spiro atoms. The maximum atomic E-state index is 12.4. The number of para-hydroxylation sites is 1. The standard InChI is InChI=1S/C18H15N3O2/c1-21(12-14-6-4-5-13(9-14)11-19)18(22)10-16-15-7-2-3-8-17(15)23-20-16/h2-9H,10,12H2,1H3. The van der Waals surface area contributed by atoms with E-state index in [-0.39, 0.29) is 12.3 Å². The second-order valence-electron chi connectivity index (χ2n) is 5.36. The summed E-state index contributed by atoms with van der Waals surface area (Å²) < 4.78 is 5.22. The lowest BCUT2D eigenvalue weighted by atomic mass is 10.1. The van der Waals surface area contributed by atoms with Crippen LogP contribution in [0.25, 0.3) is 11.0 Å². The minimum absolute atomic E-state index is 0.0496. The average molecular weight is 305 g/mol. The van der Waals surface area contributed by atoms with Gasteiger partial charge in [0, 0.05) is 19.0 Å². The van der Waals surface area contributed by atoms with Crippen molar-refractivity contribution in [2.75, 3.05) is 7.05 Å². The molecule has 5 nitrogen and oxygen atoms in total. The SMILES string of the molecule is CN(Cc1cccc(C#N)c1)C(=O)Cc1noc2ccccc12. The molecular formula is C18H15N3O2. The van der Waals surface area contributed by atoms with Crippen molar-refractivity contribution in [3.63, 3.8) is 0 Å². The number of amides is 1. The molecule has 0 saturated carbocycles. The monoisotopic (exact) mass is 305 g/mol. The molecule has 0 fully saturated rings. The summed E-state index contributed by atoms with van der Waals surface area (Å²) in [7, 11) is 1.74. The van der Waals surface area contributed by atoms with Crippen LogP contribution < -0.4 is 0 Å². The van der Waals surface area contributed by atoms with Crippen molar-refractivity contribution in [3.05, 3.63) is 65.4 Å². The van der Waals surface area contributed by atoms with E-state index in [9.17, 15) is 4.79 Å². The Morgan fingerprint density at radius 2 is 2.09 bits per heavy atom. The van der Waals surface area contributed by atoms with Gasteiger partial charge < -0.3 is 9.42 Å². The second-order valence-corrected chi connectivity index (χ2v) is 5.36. The summed E-state index contributed by atoms with van der Waals surface area (Å²) in [5, 5.41) is 13.8. The number of likely N-dealkylation sites (N-methyl/N-ethyl adjacent to an activating group) is 1. The number of carbonyl (C=O) groups is 1. The molecule has 1 amide bonds. The van der Waals surface area contributed by atoms with Crippen molar-refractivity contribution in [2.24, 2.45) is 0 Å². The second kappa shape index (κ2) is 6.32. The van der Waals surface area contributed by atoms with E-state index in [1.165, 1.54) is 0 Å². The minimum atomic E-state index is -0.0496. The van der Waals surface area contributed by atoms with Gasteiger partial charge in [0.15, 0.2) is 5.58 Å². The predicted octanol–water partition coefficient (Wildman–Crippen LogP) is 2.90. The van der Waals surface area contributed by atoms with Crippen LogP contribution in [0.3, 0.4) is 0 Å². The first kappa shape index (κ1) is 14.8. The van der Waals surface area contributed by atoms with Crippen molar-refractivity contribution in [1.82, 2.24) is 10.1 Å². The molecule has 0 aliphatic carbocycles. The number of fused-ring (bicyclic) bond motifs is 1. The van der Waals surface area contributed by atoms with Crippen LogP contribution in [0.4, 0.5) is 0 Å². The normalized spacial score (nSPS) is 10.4. The van der Waals surface area contributed by atoms with E-state index in [1.807, 2.05) is 36.4 Å². The summed E-state index contributed by atoms with van der Waals surface area (Å²) >= 11 is 0. The van der Waals surface area contributed by atoms with Crippen molar-refractivity contribution < 1.29 is 9.32 Å². The van der Waals surface area contributed by atoms with Crippen LogP contribution in [0.15, 0.2) is 53.1 Å². The Morgan fingerprint density at radius 3 is 2.91 bits per heavy atom. The summed E-state index contributed by atoms with van der Waals surface area (Å²) in [6.45, 7) is 0.449. The highest BCUT2D eigenvalue weighted by Crippen LogP contribution is 2.19. The van der Waals surface area contributed by atoms with Crippen molar-refractivity contribution in [2.45, 2.75) is 13.0 Å². The van der Waals surface area contributed by atoms with Crippen LogP contribution in [-0.2, 0) is 17.8 Å². The molecule has 1 heterocycles. The summed E-state index contributed by atoms with van der Waals surface area (Å²) in [4.78, 5) is 14.0. The van der Waals surface area contributed by atoms with Crippen molar-refractivity contribution in [3.8, 4) is 6.07 Å². The van der Waals surface area contributed by atoms with Crippen LogP contribution in [-0.4, -0.2) is 23.0 Å². The Labute approximate surface area is 133 Å². The molecule has 114 valence electrons. The molecule has 2 aromatic carbocycles. The molecular weight excluding hydrogens is 290 g/mol. The first-order chi connectivity index (χ1) is 11.2. The molecule has 0 bridgehead atoms. The number of carbonyl (C=O) groups excluding carboxylic acids is 1. The van der Waals surface area contributed by atoms with Gasteiger partial charge in [0.2, 0.25) is 5.91 Å². The third-order valence-corrected chi connectivity index (χ3v) is 3.67. The Balaban J connectivity index is 1.71. The fourth-order valence-electron chi connectivity index (χ4n) is 2.45. The number of rotatable bonds is 4. The van der Waals surface area contributed by atoms with Crippen LogP contribution in [0.2, 0.25) is 0 Å². The van der Waals surface area contributed by atoms with E-state index in [1.54, 1.807) is 24.1 Å². The summed E-state index contributed by atoms with van der Waals surface area (Å²) in [5.41, 5.74) is 2.83. The van der Waals surface area contributed by atoms with Gasteiger partial charge in [-0.3, -0.25) is 4.79 Å². The fourth-order valence-corrected chi connectivity index (χ4v) is 2.45. The molecule has 5 heteroatoms. The van der Waals surface area contributed by atoms with Crippen molar-refractivity contribution >= 4 is 16.9 Å². The highest BCUT2D eigenvalue weighted by molar-refractivity contribution is 5.86. The number of aromatic nitrogens is 1. The summed E-state index contributed by atoms with van der Waals surface area (Å²) in [6.07, 6.45) is 0.186. The zero-order valence-corrected chi connectivity index (χ0v) is 12.7. The first-order valence-electron chi connectivity index (χ1n) is 7.23. The number of hydrogen-bond donors (Lipinski definition) is 0. The van der Waals surface area contributed by atoms with Gasteiger partial charge in [-0.1, -0.05) is 29.4 Å². The lowest BCUT2D eigenvalue weighted by Gasteiger charge is -2.16. The minimum Gasteiger partial charge on any atom is -0.356 e. The molecule has 0 saturated heterocycles. The van der Waals surface area contributed by atoms with Gasteiger partial charge >= 0.3 is 0 Å². The molecule has 3 rings (SSSR count). The molecule has 0 atom stereocenters. The van der Waals surface area contributed by atoms with Gasteiger partial charge in [-0.15, -0.1) is 0 Å². The van der Waals surface area contributed by atoms with Crippen LogP contribution in [0, 0.1) is 11.3 Å². The molecule has 1 aromatic heterocycles. The average Bonchev–Trinajstić information content (AvgIpc) is 2.98. The largest absolute Gasteiger partial charge is 0.356 e. The third kappa shape index (κ3) is 3.22. The van der Waals surface area contributed by atoms with Crippen LogP contribution >= 0.6 is 0 Å². The molecule has 23 heavy (non-hydrogen) atoms. The Kier molecular flexibility index (Phi) is 4.07. The zero-order chi connectivity index (χ0) is 16.2. The maximum Gasteiger partial charge on any atom is 0.228 e. The lowest BCUT2D eigenvalue weighted by Crippen LogP contribution is -2.27. The summed E-state index contributed by atoms with van der Waals surface area (Å²) in [5.74, 6) is -0.0496. The van der Waals surface area contributed by atoms with Gasteiger partial charge in [0.25, 0.3) is 0 Å². The summed E-state index contributed by atoms with van der Waals surface area (Å²) in [6, 6.07) is 16.8. The van der Waals surface area contributed by atoms with Gasteiger partial charge in [0.1, 0.15) is 5.69 Å². The lowest BCUT2D eigenvalue weighted by molar-refractivity contribution is -0.129. The number of nitriles is 1. The molecule has 0 unspecified atom stereocenters. The molecule has 0 aliphatic rings. The number of nitrogens with zero attached hydrogens (tertiary/aromatic N) is 3. The quantitative estimate of drug-likeness (QED) is 0.743. The van der Waals surface area contributed by atoms with Gasteiger partial charge in [0.05, 0.1) is 18.1 Å². The van der Waals surface area contributed by atoms with Crippen LogP contribution in [0.1, 0.15) is 16.8 Å². The van der Waals surface area contributed by atoms with E-state index in [4.69, 9.17) is 9.78 Å².